The Kier molecular flexibility index (Phi) is 4.99. The van der Waals surface area contributed by atoms with Crippen molar-refractivity contribution >= 4 is 5.97 Å². The fraction of sp³-hybridized carbons (Fsp3) is 0.462. The minimum atomic E-state index is -1.40. The number of aryl methyl sites for hydroxylation is 1. The second-order valence-electron chi connectivity index (χ2n) is 3.90. The van der Waals surface area contributed by atoms with Crippen molar-refractivity contribution in [1.82, 2.24) is 0 Å². The Morgan fingerprint density at radius 2 is 2.00 bits per heavy atom. The fourth-order valence-electron chi connectivity index (χ4n) is 1.73. The summed E-state index contributed by atoms with van der Waals surface area (Å²) in [6.45, 7) is 2.12. The van der Waals surface area contributed by atoms with E-state index in [-0.39, 0.29) is 0 Å². The van der Waals surface area contributed by atoms with Crippen molar-refractivity contribution in [3.63, 3.8) is 0 Å². The lowest BCUT2D eigenvalue weighted by molar-refractivity contribution is -0.147. The standard InChI is InChI=1S/C13H18O3/c1-2-3-4-7-10-8-5-6-9-11(10)12(14)13(15)16/h5-6,8-9,12,14H,2-4,7H2,1H3,(H,15,16). The maximum absolute atomic E-state index is 10.7. The van der Waals surface area contributed by atoms with Crippen molar-refractivity contribution in [3.8, 4) is 0 Å². The van der Waals surface area contributed by atoms with Gasteiger partial charge in [0, 0.05) is 0 Å². The van der Waals surface area contributed by atoms with Crippen LogP contribution in [0.15, 0.2) is 24.3 Å². The van der Waals surface area contributed by atoms with Gasteiger partial charge in [-0.2, -0.15) is 0 Å². The number of aliphatic hydroxyl groups is 1. The first-order chi connectivity index (χ1) is 7.66. The summed E-state index contributed by atoms with van der Waals surface area (Å²) in [6, 6.07) is 7.20. The number of aliphatic carboxylic acids is 1. The number of hydrogen-bond donors (Lipinski definition) is 2. The van der Waals surface area contributed by atoms with Gasteiger partial charge in [-0.3, -0.25) is 0 Å². The Morgan fingerprint density at radius 3 is 2.62 bits per heavy atom. The number of hydrogen-bond acceptors (Lipinski definition) is 2. The van der Waals surface area contributed by atoms with Crippen molar-refractivity contribution in [2.45, 2.75) is 38.7 Å². The highest BCUT2D eigenvalue weighted by Crippen LogP contribution is 2.20. The fourth-order valence-corrected chi connectivity index (χ4v) is 1.73. The lowest BCUT2D eigenvalue weighted by atomic mass is 9.98. The van der Waals surface area contributed by atoms with Gasteiger partial charge in [-0.15, -0.1) is 0 Å². The zero-order chi connectivity index (χ0) is 12.0. The normalized spacial score (nSPS) is 12.4. The van der Waals surface area contributed by atoms with Gasteiger partial charge in [-0.25, -0.2) is 4.79 Å². The second-order valence-corrected chi connectivity index (χ2v) is 3.90. The van der Waals surface area contributed by atoms with Gasteiger partial charge in [0.1, 0.15) is 0 Å². The lowest BCUT2D eigenvalue weighted by Crippen LogP contribution is -2.12. The Hall–Kier alpha value is -1.35. The van der Waals surface area contributed by atoms with Crippen LogP contribution in [0.4, 0.5) is 0 Å². The molecular weight excluding hydrogens is 204 g/mol. The van der Waals surface area contributed by atoms with Crippen molar-refractivity contribution in [3.05, 3.63) is 35.4 Å². The maximum Gasteiger partial charge on any atom is 0.337 e. The van der Waals surface area contributed by atoms with Gasteiger partial charge in [0.2, 0.25) is 0 Å². The van der Waals surface area contributed by atoms with Crippen LogP contribution in [0, 0.1) is 0 Å². The van der Waals surface area contributed by atoms with Crippen LogP contribution in [0.25, 0.3) is 0 Å². The molecule has 0 aliphatic heterocycles. The van der Waals surface area contributed by atoms with Crippen LogP contribution in [0.3, 0.4) is 0 Å². The molecular formula is C13H18O3. The predicted molar refractivity (Wildman–Crippen MR) is 62.3 cm³/mol. The molecule has 3 heteroatoms. The third kappa shape index (κ3) is 3.35. The lowest BCUT2D eigenvalue weighted by Gasteiger charge is -2.11. The summed E-state index contributed by atoms with van der Waals surface area (Å²) in [5, 5.41) is 18.3. The molecule has 0 saturated carbocycles. The highest BCUT2D eigenvalue weighted by molar-refractivity contribution is 5.74. The van der Waals surface area contributed by atoms with Crippen LogP contribution in [0.5, 0.6) is 0 Å². The summed E-state index contributed by atoms with van der Waals surface area (Å²) in [6.07, 6.45) is 2.70. The van der Waals surface area contributed by atoms with Crippen molar-refractivity contribution in [1.29, 1.82) is 0 Å². The molecule has 0 aromatic heterocycles. The monoisotopic (exact) mass is 222 g/mol. The minimum Gasteiger partial charge on any atom is -0.479 e. The molecule has 0 aliphatic carbocycles. The van der Waals surface area contributed by atoms with E-state index in [2.05, 4.69) is 6.92 Å². The molecule has 3 nitrogen and oxygen atoms in total. The molecule has 88 valence electrons. The largest absolute Gasteiger partial charge is 0.479 e. The molecule has 0 aliphatic rings. The number of aliphatic hydroxyl groups excluding tert-OH is 1. The minimum absolute atomic E-state index is 0.520. The first kappa shape index (κ1) is 12.7. The molecule has 0 bridgehead atoms. The van der Waals surface area contributed by atoms with Crippen LogP contribution in [-0.4, -0.2) is 16.2 Å². The van der Waals surface area contributed by atoms with E-state index in [9.17, 15) is 9.90 Å². The first-order valence-corrected chi connectivity index (χ1v) is 5.65. The van der Waals surface area contributed by atoms with Crippen LogP contribution in [0.2, 0.25) is 0 Å². The molecule has 0 saturated heterocycles. The van der Waals surface area contributed by atoms with Gasteiger partial charge < -0.3 is 10.2 Å². The Bertz CT molecular complexity index is 347. The molecule has 0 heterocycles. The van der Waals surface area contributed by atoms with E-state index in [4.69, 9.17) is 5.11 Å². The van der Waals surface area contributed by atoms with Crippen LogP contribution >= 0.6 is 0 Å². The highest BCUT2D eigenvalue weighted by atomic mass is 16.4. The van der Waals surface area contributed by atoms with Gasteiger partial charge >= 0.3 is 5.97 Å². The van der Waals surface area contributed by atoms with Crippen LogP contribution in [-0.2, 0) is 11.2 Å². The summed E-state index contributed by atoms with van der Waals surface area (Å²) >= 11 is 0. The number of rotatable bonds is 6. The van der Waals surface area contributed by atoms with Crippen molar-refractivity contribution in [2.75, 3.05) is 0 Å². The Balaban J connectivity index is 2.79. The van der Waals surface area contributed by atoms with Crippen molar-refractivity contribution < 1.29 is 15.0 Å². The third-order valence-corrected chi connectivity index (χ3v) is 2.63. The predicted octanol–water partition coefficient (Wildman–Crippen LogP) is 2.54. The Labute approximate surface area is 95.7 Å². The molecule has 1 aromatic carbocycles. The van der Waals surface area contributed by atoms with Gasteiger partial charge in [0.15, 0.2) is 6.10 Å². The average molecular weight is 222 g/mol. The number of carboxylic acid groups (broad SMARTS) is 1. The highest BCUT2D eigenvalue weighted by Gasteiger charge is 2.18. The van der Waals surface area contributed by atoms with E-state index in [1.807, 2.05) is 12.1 Å². The second kappa shape index (κ2) is 6.28. The first-order valence-electron chi connectivity index (χ1n) is 5.65. The zero-order valence-electron chi connectivity index (χ0n) is 9.52. The zero-order valence-corrected chi connectivity index (χ0v) is 9.52. The summed E-state index contributed by atoms with van der Waals surface area (Å²) < 4.78 is 0. The van der Waals surface area contributed by atoms with Crippen molar-refractivity contribution in [2.24, 2.45) is 0 Å². The topological polar surface area (TPSA) is 57.5 Å². The smallest absolute Gasteiger partial charge is 0.337 e. The summed E-state index contributed by atoms with van der Waals surface area (Å²) in [5.74, 6) is -1.19. The van der Waals surface area contributed by atoms with Gasteiger partial charge in [0.25, 0.3) is 0 Å². The number of carboxylic acids is 1. The molecule has 16 heavy (non-hydrogen) atoms. The van der Waals surface area contributed by atoms with E-state index in [0.29, 0.717) is 5.56 Å². The molecule has 0 fully saturated rings. The molecule has 2 N–H and O–H groups in total. The third-order valence-electron chi connectivity index (χ3n) is 2.63. The molecule has 0 amide bonds. The van der Waals surface area contributed by atoms with E-state index in [0.717, 1.165) is 31.2 Å². The summed E-state index contributed by atoms with van der Waals surface area (Å²) in [7, 11) is 0. The number of benzene rings is 1. The molecule has 1 atom stereocenters. The van der Waals surface area contributed by atoms with Gasteiger partial charge in [-0.1, -0.05) is 44.0 Å². The van der Waals surface area contributed by atoms with Crippen LogP contribution < -0.4 is 0 Å². The van der Waals surface area contributed by atoms with Gasteiger partial charge in [0.05, 0.1) is 0 Å². The summed E-state index contributed by atoms with van der Waals surface area (Å²) in [4.78, 5) is 10.7. The number of carbonyl (C=O) groups is 1. The average Bonchev–Trinajstić information content (AvgIpc) is 2.29. The molecule has 1 rings (SSSR count). The van der Waals surface area contributed by atoms with E-state index >= 15 is 0 Å². The quantitative estimate of drug-likeness (QED) is 0.727. The summed E-state index contributed by atoms with van der Waals surface area (Å²) in [5.41, 5.74) is 1.46. The van der Waals surface area contributed by atoms with E-state index in [1.165, 1.54) is 0 Å². The van der Waals surface area contributed by atoms with E-state index < -0.39 is 12.1 Å². The van der Waals surface area contributed by atoms with Crippen LogP contribution in [0.1, 0.15) is 43.4 Å². The van der Waals surface area contributed by atoms with E-state index in [1.54, 1.807) is 12.1 Å². The number of unbranched alkanes of at least 4 members (excludes halogenated alkanes) is 2. The molecule has 1 aromatic rings. The Morgan fingerprint density at radius 1 is 1.31 bits per heavy atom. The SMILES string of the molecule is CCCCCc1ccccc1C(O)C(=O)O. The molecule has 0 spiro atoms. The molecule has 1 unspecified atom stereocenters. The maximum atomic E-state index is 10.7. The molecule has 0 radical (unpaired) electrons. The van der Waals surface area contributed by atoms with Gasteiger partial charge in [-0.05, 0) is 24.0 Å².